The van der Waals surface area contributed by atoms with Crippen LogP contribution in [-0.4, -0.2) is 50.9 Å². The predicted molar refractivity (Wildman–Crippen MR) is 115 cm³/mol. The van der Waals surface area contributed by atoms with Gasteiger partial charge in [-0.15, -0.1) is 0 Å². The number of aliphatic hydroxyl groups excluding tert-OH is 1. The Morgan fingerprint density at radius 1 is 1.27 bits per heavy atom. The van der Waals surface area contributed by atoms with Crippen LogP contribution in [-0.2, 0) is 11.0 Å². The first kappa shape index (κ1) is 23.8. The molecule has 3 aromatic rings. The van der Waals surface area contributed by atoms with E-state index >= 15 is 0 Å². The van der Waals surface area contributed by atoms with Crippen molar-refractivity contribution in [2.75, 3.05) is 13.6 Å². The van der Waals surface area contributed by atoms with E-state index in [-0.39, 0.29) is 17.0 Å². The summed E-state index contributed by atoms with van der Waals surface area (Å²) in [6.45, 7) is 2.37. The van der Waals surface area contributed by atoms with E-state index in [1.165, 1.54) is 15.4 Å². The number of nitrogens with zero attached hydrogens (tertiary/aromatic N) is 3. The number of carbonyl (C=O) groups excluding carboxylic acids is 2. The number of hydrogen-bond donors (Lipinski definition) is 2. The van der Waals surface area contributed by atoms with Crippen LogP contribution < -0.4 is 5.73 Å². The minimum absolute atomic E-state index is 0.0418. The molecule has 33 heavy (non-hydrogen) atoms. The molecule has 10 heteroatoms. The van der Waals surface area contributed by atoms with Gasteiger partial charge in [-0.1, -0.05) is 30.9 Å². The lowest BCUT2D eigenvalue weighted by Gasteiger charge is -2.16. The molecule has 0 aliphatic rings. The molecule has 1 atom stereocenters. The van der Waals surface area contributed by atoms with Crippen molar-refractivity contribution in [1.29, 1.82) is 0 Å². The first-order valence-electron chi connectivity index (χ1n) is 9.97. The van der Waals surface area contributed by atoms with E-state index in [0.29, 0.717) is 17.7 Å². The number of fused-ring (bicyclic) bond motifs is 1. The van der Waals surface area contributed by atoms with Crippen molar-refractivity contribution in [2.45, 2.75) is 25.6 Å². The van der Waals surface area contributed by atoms with Crippen molar-refractivity contribution in [3.8, 4) is 23.1 Å². The van der Waals surface area contributed by atoms with E-state index in [2.05, 4.69) is 16.8 Å². The van der Waals surface area contributed by atoms with Crippen LogP contribution in [0.4, 0.5) is 13.2 Å². The van der Waals surface area contributed by atoms with Crippen LogP contribution in [0.15, 0.2) is 42.6 Å². The van der Waals surface area contributed by atoms with Crippen LogP contribution in [0.5, 0.6) is 0 Å². The predicted octanol–water partition coefficient (Wildman–Crippen LogP) is 2.70. The molecule has 2 amide bonds. The maximum atomic E-state index is 13.2. The number of amides is 2. The van der Waals surface area contributed by atoms with Gasteiger partial charge in [0.2, 0.25) is 5.82 Å². The standard InChI is InChI=1S/C23H21F3N4O3/c1-3-10-29(2)22(33)18(31)8-7-14-5-4-6-15(12-14)19-17-13-16(23(24,25)26)9-11-30(17)21(28-19)20(27)32/h4-6,9,11-13,18,31H,3,10H2,1-2H3,(H2,27,32). The molecule has 7 nitrogen and oxygen atoms in total. The number of hydrogen-bond acceptors (Lipinski definition) is 4. The summed E-state index contributed by atoms with van der Waals surface area (Å²) in [5.74, 6) is 3.51. The van der Waals surface area contributed by atoms with Crippen LogP contribution in [0.25, 0.3) is 16.8 Å². The molecule has 0 saturated carbocycles. The molecule has 0 spiro atoms. The number of carbonyl (C=O) groups is 2. The minimum atomic E-state index is -4.59. The summed E-state index contributed by atoms with van der Waals surface area (Å²) in [5, 5.41) is 10.0. The largest absolute Gasteiger partial charge is 0.416 e. The molecule has 0 radical (unpaired) electrons. The summed E-state index contributed by atoms with van der Waals surface area (Å²) in [6, 6.07) is 8.06. The van der Waals surface area contributed by atoms with Crippen LogP contribution >= 0.6 is 0 Å². The Balaban J connectivity index is 2.03. The van der Waals surface area contributed by atoms with Gasteiger partial charge in [-0.2, -0.15) is 13.2 Å². The fourth-order valence-corrected chi connectivity index (χ4v) is 3.26. The normalized spacial score (nSPS) is 12.2. The summed E-state index contributed by atoms with van der Waals surface area (Å²) in [6.07, 6.45) is -4.29. The van der Waals surface area contributed by atoms with Crippen molar-refractivity contribution in [1.82, 2.24) is 14.3 Å². The number of benzene rings is 1. The molecule has 0 aliphatic heterocycles. The Labute approximate surface area is 187 Å². The Morgan fingerprint density at radius 3 is 2.64 bits per heavy atom. The lowest BCUT2D eigenvalue weighted by Crippen LogP contribution is -2.36. The first-order chi connectivity index (χ1) is 15.5. The molecule has 172 valence electrons. The summed E-state index contributed by atoms with van der Waals surface area (Å²) >= 11 is 0. The topological polar surface area (TPSA) is 101 Å². The summed E-state index contributed by atoms with van der Waals surface area (Å²) in [5.41, 5.74) is 5.38. The number of pyridine rings is 1. The molecule has 2 heterocycles. The van der Waals surface area contributed by atoms with Crippen molar-refractivity contribution in [3.63, 3.8) is 0 Å². The van der Waals surface area contributed by atoms with E-state index in [0.717, 1.165) is 24.8 Å². The van der Waals surface area contributed by atoms with Gasteiger partial charge in [0.25, 0.3) is 11.8 Å². The molecule has 0 aliphatic carbocycles. The Kier molecular flexibility index (Phi) is 6.74. The number of nitrogens with two attached hydrogens (primary N) is 1. The van der Waals surface area contributed by atoms with Crippen molar-refractivity contribution < 1.29 is 27.9 Å². The smallest absolute Gasteiger partial charge is 0.372 e. The third-order valence-corrected chi connectivity index (χ3v) is 4.85. The zero-order valence-electron chi connectivity index (χ0n) is 17.8. The number of alkyl halides is 3. The maximum absolute atomic E-state index is 13.2. The molecule has 0 saturated heterocycles. The van der Waals surface area contributed by atoms with E-state index < -0.39 is 29.7 Å². The second kappa shape index (κ2) is 9.34. The highest BCUT2D eigenvalue weighted by molar-refractivity contribution is 5.93. The van der Waals surface area contributed by atoms with Gasteiger partial charge in [-0.05, 0) is 30.7 Å². The van der Waals surface area contributed by atoms with Gasteiger partial charge in [-0.3, -0.25) is 14.0 Å². The van der Waals surface area contributed by atoms with Crippen molar-refractivity contribution in [3.05, 3.63) is 59.5 Å². The zero-order chi connectivity index (χ0) is 24.3. The molecule has 2 aromatic heterocycles. The van der Waals surface area contributed by atoms with E-state index in [1.54, 1.807) is 25.2 Å². The molecule has 1 aromatic carbocycles. The molecule has 3 rings (SSSR count). The maximum Gasteiger partial charge on any atom is 0.416 e. The number of imidazole rings is 1. The lowest BCUT2D eigenvalue weighted by molar-refractivity contribution is -0.137. The van der Waals surface area contributed by atoms with E-state index in [4.69, 9.17) is 5.73 Å². The fourth-order valence-electron chi connectivity index (χ4n) is 3.26. The average molecular weight is 458 g/mol. The quantitative estimate of drug-likeness (QED) is 0.574. The van der Waals surface area contributed by atoms with Crippen LogP contribution in [0.3, 0.4) is 0 Å². The number of likely N-dealkylation sites (N-methyl/N-ethyl adjacent to an activating group) is 1. The SMILES string of the molecule is CCCN(C)C(=O)C(O)C#Cc1cccc(-c2nc(C(N)=O)n3ccc(C(F)(F)F)cc23)c1. The number of rotatable bonds is 5. The van der Waals surface area contributed by atoms with Crippen molar-refractivity contribution in [2.24, 2.45) is 5.73 Å². The highest BCUT2D eigenvalue weighted by Crippen LogP contribution is 2.33. The third-order valence-electron chi connectivity index (χ3n) is 4.85. The van der Waals surface area contributed by atoms with Gasteiger partial charge in [-0.25, -0.2) is 4.98 Å². The summed E-state index contributed by atoms with van der Waals surface area (Å²) in [7, 11) is 1.56. The Hall–Kier alpha value is -3.84. The third kappa shape index (κ3) is 5.15. The number of aliphatic hydroxyl groups is 1. The molecule has 1 unspecified atom stereocenters. The van der Waals surface area contributed by atoms with Crippen LogP contribution in [0, 0.1) is 11.8 Å². The van der Waals surface area contributed by atoms with Crippen LogP contribution in [0.2, 0.25) is 0 Å². The Morgan fingerprint density at radius 2 is 2.00 bits per heavy atom. The van der Waals surface area contributed by atoms with E-state index in [1.807, 2.05) is 6.92 Å². The highest BCUT2D eigenvalue weighted by Gasteiger charge is 2.31. The van der Waals surface area contributed by atoms with E-state index in [9.17, 15) is 27.9 Å². The van der Waals surface area contributed by atoms with Gasteiger partial charge >= 0.3 is 6.18 Å². The zero-order valence-corrected chi connectivity index (χ0v) is 17.8. The second-order valence-corrected chi connectivity index (χ2v) is 7.33. The lowest BCUT2D eigenvalue weighted by atomic mass is 10.1. The highest BCUT2D eigenvalue weighted by atomic mass is 19.4. The number of halogens is 3. The average Bonchev–Trinajstić information content (AvgIpc) is 3.16. The summed E-state index contributed by atoms with van der Waals surface area (Å²) in [4.78, 5) is 29.4. The van der Waals surface area contributed by atoms with Gasteiger partial charge in [0, 0.05) is 30.9 Å². The minimum Gasteiger partial charge on any atom is -0.372 e. The summed E-state index contributed by atoms with van der Waals surface area (Å²) < 4.78 is 40.9. The number of aromatic nitrogens is 2. The molecular formula is C23H21F3N4O3. The fraction of sp³-hybridized carbons (Fsp3) is 0.261. The first-order valence-corrected chi connectivity index (χ1v) is 9.97. The molecule has 0 fully saturated rings. The van der Waals surface area contributed by atoms with Gasteiger partial charge < -0.3 is 15.7 Å². The molecular weight excluding hydrogens is 437 g/mol. The molecule has 3 N–H and O–H groups in total. The van der Waals surface area contributed by atoms with Gasteiger partial charge in [0.15, 0.2) is 6.10 Å². The number of primary amides is 1. The van der Waals surface area contributed by atoms with Gasteiger partial charge in [0.1, 0.15) is 0 Å². The van der Waals surface area contributed by atoms with Crippen LogP contribution in [0.1, 0.15) is 35.1 Å². The van der Waals surface area contributed by atoms with Crippen molar-refractivity contribution >= 4 is 17.3 Å². The molecule has 0 bridgehead atoms. The second-order valence-electron chi connectivity index (χ2n) is 7.33. The van der Waals surface area contributed by atoms with Gasteiger partial charge in [0.05, 0.1) is 16.8 Å². The Bertz CT molecular complexity index is 1270. The monoisotopic (exact) mass is 458 g/mol.